The molecule has 2 aromatic carbocycles. The number of aromatic hydroxyl groups is 1. The summed E-state index contributed by atoms with van der Waals surface area (Å²) in [7, 11) is 0. The zero-order chi connectivity index (χ0) is 15.9. The maximum atomic E-state index is 10.9. The Morgan fingerprint density at radius 1 is 1.32 bits per heavy atom. The van der Waals surface area contributed by atoms with E-state index in [2.05, 4.69) is 26.2 Å². The Bertz CT molecular complexity index is 704. The SMILES string of the molecule is O=[N+]([O-])c1ccccc1NCCN=Cc1cc(Br)ccc1O. The Labute approximate surface area is 135 Å². The van der Waals surface area contributed by atoms with Gasteiger partial charge in [0.05, 0.1) is 11.5 Å². The van der Waals surface area contributed by atoms with Crippen molar-refractivity contribution >= 4 is 33.5 Å². The molecule has 0 unspecified atom stereocenters. The summed E-state index contributed by atoms with van der Waals surface area (Å²) in [5.41, 5.74) is 1.11. The summed E-state index contributed by atoms with van der Waals surface area (Å²) in [5.74, 6) is 0.151. The molecule has 114 valence electrons. The maximum absolute atomic E-state index is 10.9. The molecule has 2 aromatic rings. The predicted molar refractivity (Wildman–Crippen MR) is 89.9 cm³/mol. The Morgan fingerprint density at radius 3 is 2.86 bits per heavy atom. The fraction of sp³-hybridized carbons (Fsp3) is 0.133. The number of anilines is 1. The number of benzene rings is 2. The second-order valence-corrected chi connectivity index (χ2v) is 5.36. The first-order valence-electron chi connectivity index (χ1n) is 6.53. The summed E-state index contributed by atoms with van der Waals surface area (Å²) in [6, 6.07) is 11.5. The van der Waals surface area contributed by atoms with Gasteiger partial charge in [0.25, 0.3) is 5.69 Å². The lowest BCUT2D eigenvalue weighted by Crippen LogP contribution is -2.07. The van der Waals surface area contributed by atoms with Crippen LogP contribution in [0, 0.1) is 10.1 Å². The molecule has 0 amide bonds. The molecule has 0 bridgehead atoms. The number of hydrogen-bond donors (Lipinski definition) is 2. The van der Waals surface area contributed by atoms with E-state index in [1.165, 1.54) is 6.07 Å². The Kier molecular flexibility index (Phi) is 5.48. The lowest BCUT2D eigenvalue weighted by Gasteiger charge is -2.05. The van der Waals surface area contributed by atoms with Crippen LogP contribution >= 0.6 is 15.9 Å². The van der Waals surface area contributed by atoms with Gasteiger partial charge in [-0.3, -0.25) is 15.1 Å². The number of nitro benzene ring substituents is 1. The molecule has 0 aliphatic rings. The number of hydrogen-bond acceptors (Lipinski definition) is 5. The number of para-hydroxylation sites is 2. The number of nitrogens with one attached hydrogen (secondary N) is 1. The van der Waals surface area contributed by atoms with Gasteiger partial charge in [-0.2, -0.15) is 0 Å². The summed E-state index contributed by atoms with van der Waals surface area (Å²) < 4.78 is 0.852. The van der Waals surface area contributed by atoms with Crippen molar-refractivity contribution in [3.8, 4) is 5.75 Å². The molecule has 2 rings (SSSR count). The van der Waals surface area contributed by atoms with Crippen molar-refractivity contribution in [2.75, 3.05) is 18.4 Å². The first-order chi connectivity index (χ1) is 10.6. The van der Waals surface area contributed by atoms with E-state index in [-0.39, 0.29) is 11.4 Å². The first-order valence-corrected chi connectivity index (χ1v) is 7.33. The number of phenolic OH excluding ortho intramolecular Hbond substituents is 1. The standard InChI is InChI=1S/C15H14BrN3O3/c16-12-5-6-15(20)11(9-12)10-17-7-8-18-13-3-1-2-4-14(13)19(21)22/h1-6,9-10,18,20H,7-8H2. The number of phenols is 1. The molecular weight excluding hydrogens is 350 g/mol. The third-order valence-electron chi connectivity index (χ3n) is 2.88. The molecule has 2 N–H and O–H groups in total. The van der Waals surface area contributed by atoms with Crippen LogP contribution in [0.1, 0.15) is 5.56 Å². The minimum Gasteiger partial charge on any atom is -0.507 e. The highest BCUT2D eigenvalue weighted by Gasteiger charge is 2.10. The average molecular weight is 364 g/mol. The van der Waals surface area contributed by atoms with Crippen LogP contribution in [-0.2, 0) is 0 Å². The summed E-state index contributed by atoms with van der Waals surface area (Å²) >= 11 is 3.32. The van der Waals surface area contributed by atoms with Gasteiger partial charge >= 0.3 is 0 Å². The molecule has 0 aromatic heterocycles. The van der Waals surface area contributed by atoms with Crippen LogP contribution < -0.4 is 5.32 Å². The van der Waals surface area contributed by atoms with Crippen molar-refractivity contribution in [2.45, 2.75) is 0 Å². The molecule has 22 heavy (non-hydrogen) atoms. The van der Waals surface area contributed by atoms with Crippen molar-refractivity contribution in [1.29, 1.82) is 0 Å². The van der Waals surface area contributed by atoms with Gasteiger partial charge in [-0.15, -0.1) is 0 Å². The molecule has 0 heterocycles. The van der Waals surface area contributed by atoms with Crippen LogP contribution in [0.2, 0.25) is 0 Å². The molecule has 0 saturated carbocycles. The molecule has 6 nitrogen and oxygen atoms in total. The van der Waals surface area contributed by atoms with Crippen LogP contribution in [0.15, 0.2) is 51.9 Å². The molecular formula is C15H14BrN3O3. The first kappa shape index (κ1) is 16.0. The van der Waals surface area contributed by atoms with Crippen LogP contribution in [0.5, 0.6) is 5.75 Å². The van der Waals surface area contributed by atoms with Gasteiger partial charge in [0, 0.05) is 28.9 Å². The summed E-state index contributed by atoms with van der Waals surface area (Å²) in [4.78, 5) is 14.6. The highest BCUT2D eigenvalue weighted by atomic mass is 79.9. The third-order valence-corrected chi connectivity index (χ3v) is 3.37. The third kappa shape index (κ3) is 4.29. The van der Waals surface area contributed by atoms with E-state index in [1.54, 1.807) is 42.6 Å². The molecule has 0 fully saturated rings. The number of nitro groups is 1. The highest BCUT2D eigenvalue weighted by Crippen LogP contribution is 2.23. The Balaban J connectivity index is 1.91. The summed E-state index contributed by atoms with van der Waals surface area (Å²) in [5, 5.41) is 23.5. The Morgan fingerprint density at radius 2 is 2.09 bits per heavy atom. The second kappa shape index (κ2) is 7.56. The molecule has 0 atom stereocenters. The van der Waals surface area contributed by atoms with E-state index in [0.717, 1.165) is 4.47 Å². The van der Waals surface area contributed by atoms with Crippen molar-refractivity contribution in [2.24, 2.45) is 4.99 Å². The Hall–Kier alpha value is -2.41. The largest absolute Gasteiger partial charge is 0.507 e. The van der Waals surface area contributed by atoms with E-state index in [9.17, 15) is 15.2 Å². The zero-order valence-corrected chi connectivity index (χ0v) is 13.2. The van der Waals surface area contributed by atoms with Gasteiger partial charge in [-0.25, -0.2) is 0 Å². The fourth-order valence-electron chi connectivity index (χ4n) is 1.83. The molecule has 0 spiro atoms. The van der Waals surface area contributed by atoms with Crippen molar-refractivity contribution in [3.63, 3.8) is 0 Å². The van der Waals surface area contributed by atoms with Gasteiger partial charge in [0.1, 0.15) is 11.4 Å². The monoisotopic (exact) mass is 363 g/mol. The zero-order valence-electron chi connectivity index (χ0n) is 11.6. The average Bonchev–Trinajstić information content (AvgIpc) is 2.50. The molecule has 0 radical (unpaired) electrons. The number of halogens is 1. The van der Waals surface area contributed by atoms with E-state index >= 15 is 0 Å². The van der Waals surface area contributed by atoms with Gasteiger partial charge in [-0.05, 0) is 24.3 Å². The van der Waals surface area contributed by atoms with E-state index in [1.807, 2.05) is 0 Å². The minimum absolute atomic E-state index is 0.0381. The predicted octanol–water partition coefficient (Wildman–Crippen LogP) is 3.59. The highest BCUT2D eigenvalue weighted by molar-refractivity contribution is 9.10. The van der Waals surface area contributed by atoms with E-state index in [0.29, 0.717) is 24.3 Å². The molecule has 0 aliphatic heterocycles. The van der Waals surface area contributed by atoms with Crippen LogP contribution in [0.4, 0.5) is 11.4 Å². The lowest BCUT2D eigenvalue weighted by atomic mass is 10.2. The quantitative estimate of drug-likeness (QED) is 0.355. The smallest absolute Gasteiger partial charge is 0.292 e. The van der Waals surface area contributed by atoms with Gasteiger partial charge in [0.15, 0.2) is 0 Å². The van der Waals surface area contributed by atoms with Crippen molar-refractivity contribution < 1.29 is 10.0 Å². The van der Waals surface area contributed by atoms with Crippen LogP contribution in [-0.4, -0.2) is 29.3 Å². The van der Waals surface area contributed by atoms with Crippen LogP contribution in [0.3, 0.4) is 0 Å². The number of aliphatic imine (C=N–C) groups is 1. The van der Waals surface area contributed by atoms with Gasteiger partial charge in [-0.1, -0.05) is 28.1 Å². The maximum Gasteiger partial charge on any atom is 0.292 e. The molecule has 0 saturated heterocycles. The summed E-state index contributed by atoms with van der Waals surface area (Å²) in [6.07, 6.45) is 1.57. The van der Waals surface area contributed by atoms with Gasteiger partial charge < -0.3 is 10.4 Å². The second-order valence-electron chi connectivity index (χ2n) is 4.44. The lowest BCUT2D eigenvalue weighted by molar-refractivity contribution is -0.384. The normalized spacial score (nSPS) is 10.8. The van der Waals surface area contributed by atoms with Crippen molar-refractivity contribution in [3.05, 3.63) is 62.6 Å². The van der Waals surface area contributed by atoms with E-state index in [4.69, 9.17) is 0 Å². The fourth-order valence-corrected chi connectivity index (χ4v) is 2.21. The number of nitrogens with zero attached hydrogens (tertiary/aromatic N) is 2. The van der Waals surface area contributed by atoms with Crippen LogP contribution in [0.25, 0.3) is 0 Å². The summed E-state index contributed by atoms with van der Waals surface area (Å²) in [6.45, 7) is 0.883. The molecule has 0 aliphatic carbocycles. The van der Waals surface area contributed by atoms with E-state index < -0.39 is 4.92 Å². The van der Waals surface area contributed by atoms with Gasteiger partial charge in [0.2, 0.25) is 0 Å². The minimum atomic E-state index is -0.425. The molecule has 7 heteroatoms. The number of rotatable bonds is 6. The van der Waals surface area contributed by atoms with Crippen molar-refractivity contribution in [1.82, 2.24) is 0 Å². The topological polar surface area (TPSA) is 87.8 Å².